The molecule has 1 amide bonds. The van der Waals surface area contributed by atoms with E-state index in [1.165, 1.54) is 7.11 Å². The summed E-state index contributed by atoms with van der Waals surface area (Å²) < 4.78 is 19.4. The number of para-hydroxylation sites is 2. The maximum absolute atomic E-state index is 13.3. The lowest BCUT2D eigenvalue weighted by Crippen LogP contribution is -2.50. The summed E-state index contributed by atoms with van der Waals surface area (Å²) in [5.74, 6) is 1.34. The fourth-order valence-electron chi connectivity index (χ4n) is 4.90. The van der Waals surface area contributed by atoms with Crippen LogP contribution in [0.3, 0.4) is 0 Å². The van der Waals surface area contributed by atoms with Gasteiger partial charge in [0.1, 0.15) is 30.2 Å². The molecule has 9 heteroatoms. The van der Waals surface area contributed by atoms with Crippen molar-refractivity contribution in [3.63, 3.8) is 0 Å². The first-order chi connectivity index (χ1) is 17.5. The first-order valence-corrected chi connectivity index (χ1v) is 11.8. The van der Waals surface area contributed by atoms with E-state index in [9.17, 15) is 15.2 Å². The molecule has 1 atom stereocenters. The van der Waals surface area contributed by atoms with E-state index in [0.717, 1.165) is 17.1 Å². The molecule has 36 heavy (non-hydrogen) atoms. The molecule has 5 rings (SSSR count). The molecule has 186 valence electrons. The van der Waals surface area contributed by atoms with E-state index in [0.29, 0.717) is 48.7 Å². The summed E-state index contributed by atoms with van der Waals surface area (Å²) in [6.07, 6.45) is 0.162. The van der Waals surface area contributed by atoms with Crippen molar-refractivity contribution < 1.29 is 29.2 Å². The lowest BCUT2D eigenvalue weighted by atomic mass is 9.86. The number of carbonyl (C=O) groups is 1. The predicted octanol–water partition coefficient (Wildman–Crippen LogP) is 2.61. The van der Waals surface area contributed by atoms with Crippen molar-refractivity contribution in [2.75, 3.05) is 33.4 Å². The third-order valence-corrected chi connectivity index (χ3v) is 6.78. The maximum Gasteiger partial charge on any atom is 0.253 e. The average molecular weight is 490 g/mol. The molecule has 2 aromatic carbocycles. The number of nitriles is 1. The first-order valence-electron chi connectivity index (χ1n) is 11.8. The number of aromatic nitrogens is 1. The molecule has 0 aliphatic carbocycles. The van der Waals surface area contributed by atoms with Crippen LogP contribution >= 0.6 is 0 Å². The van der Waals surface area contributed by atoms with Gasteiger partial charge in [-0.2, -0.15) is 5.26 Å². The van der Waals surface area contributed by atoms with Gasteiger partial charge in [-0.05, 0) is 42.5 Å². The second-order valence-corrected chi connectivity index (χ2v) is 8.92. The monoisotopic (exact) mass is 489 g/mol. The van der Waals surface area contributed by atoms with Crippen LogP contribution in [0.4, 0.5) is 0 Å². The SMILES string of the molecule is COc1cc(C(=O)N2CCC3(CC2)Oc2ccccc2-n2c(C#N)ccc23)ccc1OC[C@H](O)CO. The quantitative estimate of drug-likeness (QED) is 0.547. The lowest BCUT2D eigenvalue weighted by Gasteiger charge is -2.45. The number of hydrogen-bond acceptors (Lipinski definition) is 7. The van der Waals surface area contributed by atoms with Gasteiger partial charge in [0.05, 0.1) is 25.1 Å². The van der Waals surface area contributed by atoms with Gasteiger partial charge in [0.25, 0.3) is 5.91 Å². The number of rotatable bonds is 6. The number of methoxy groups -OCH3 is 1. The van der Waals surface area contributed by atoms with Crippen LogP contribution in [0.2, 0.25) is 0 Å². The molecule has 0 radical (unpaired) electrons. The number of benzene rings is 2. The van der Waals surface area contributed by atoms with Gasteiger partial charge in [-0.1, -0.05) is 12.1 Å². The molecule has 1 fully saturated rings. The zero-order valence-electron chi connectivity index (χ0n) is 19.9. The number of amides is 1. The Balaban J connectivity index is 1.34. The van der Waals surface area contributed by atoms with Crippen molar-refractivity contribution in [2.45, 2.75) is 24.5 Å². The first kappa shape index (κ1) is 23.7. The number of likely N-dealkylation sites (tertiary alicyclic amines) is 1. The van der Waals surface area contributed by atoms with Crippen molar-refractivity contribution in [2.24, 2.45) is 0 Å². The van der Waals surface area contributed by atoms with Gasteiger partial charge in [-0.25, -0.2) is 0 Å². The Kier molecular flexibility index (Phi) is 6.31. The standard InChI is InChI=1S/C27H27N3O6/c1-34-24-14-18(6-8-23(24)35-17-20(32)16-31)26(33)29-12-10-27(11-13-29)25-9-7-19(15-28)30(25)21-4-2-3-5-22(21)36-27/h2-9,14,20,31-32H,10-13,16-17H2,1H3/t20-/m1/s1. The maximum atomic E-state index is 13.3. The highest BCUT2D eigenvalue weighted by Gasteiger charge is 2.45. The molecule has 1 saturated heterocycles. The molecule has 2 aliphatic rings. The van der Waals surface area contributed by atoms with Gasteiger partial charge in [-0.15, -0.1) is 0 Å². The van der Waals surface area contributed by atoms with Crippen LogP contribution in [0.25, 0.3) is 5.69 Å². The Morgan fingerprint density at radius 2 is 1.94 bits per heavy atom. The summed E-state index contributed by atoms with van der Waals surface area (Å²) in [4.78, 5) is 15.1. The number of aliphatic hydroxyl groups excluding tert-OH is 2. The van der Waals surface area contributed by atoms with Gasteiger partial charge >= 0.3 is 0 Å². The van der Waals surface area contributed by atoms with Crippen LogP contribution in [0.15, 0.2) is 54.6 Å². The highest BCUT2D eigenvalue weighted by molar-refractivity contribution is 5.95. The summed E-state index contributed by atoms with van der Waals surface area (Å²) in [6, 6.07) is 18.6. The molecule has 0 saturated carbocycles. The van der Waals surface area contributed by atoms with Crippen molar-refractivity contribution in [3.05, 3.63) is 71.5 Å². The van der Waals surface area contributed by atoms with E-state index in [2.05, 4.69) is 6.07 Å². The average Bonchev–Trinajstić information content (AvgIpc) is 3.37. The number of hydrogen-bond donors (Lipinski definition) is 2. The lowest BCUT2D eigenvalue weighted by molar-refractivity contribution is -0.00938. The molecule has 3 aromatic rings. The minimum absolute atomic E-state index is 0.0905. The van der Waals surface area contributed by atoms with Crippen LogP contribution in [-0.4, -0.2) is 65.1 Å². The minimum Gasteiger partial charge on any atom is -0.493 e. The third-order valence-electron chi connectivity index (χ3n) is 6.78. The molecule has 3 heterocycles. The van der Waals surface area contributed by atoms with Crippen molar-refractivity contribution in [1.82, 2.24) is 9.47 Å². The van der Waals surface area contributed by atoms with Crippen LogP contribution < -0.4 is 14.2 Å². The van der Waals surface area contributed by atoms with E-state index in [1.807, 2.05) is 41.0 Å². The van der Waals surface area contributed by atoms with Gasteiger partial charge in [0, 0.05) is 31.5 Å². The van der Waals surface area contributed by atoms with Gasteiger partial charge in [0.2, 0.25) is 0 Å². The molecular weight excluding hydrogens is 462 g/mol. The third kappa shape index (κ3) is 4.04. The molecular formula is C27H27N3O6. The van der Waals surface area contributed by atoms with E-state index in [4.69, 9.17) is 19.3 Å². The second-order valence-electron chi connectivity index (χ2n) is 8.92. The fourth-order valence-corrected chi connectivity index (χ4v) is 4.90. The topological polar surface area (TPSA) is 117 Å². The normalized spacial score (nSPS) is 16.3. The second kappa shape index (κ2) is 9.57. The van der Waals surface area contributed by atoms with Crippen molar-refractivity contribution in [3.8, 4) is 29.0 Å². The number of aliphatic hydroxyl groups is 2. The molecule has 1 spiro atoms. The molecule has 2 N–H and O–H groups in total. The highest BCUT2D eigenvalue weighted by Crippen LogP contribution is 2.46. The number of carbonyl (C=O) groups excluding carboxylic acids is 1. The smallest absolute Gasteiger partial charge is 0.253 e. The molecule has 0 unspecified atom stereocenters. The van der Waals surface area contributed by atoms with E-state index in [-0.39, 0.29) is 12.5 Å². The molecule has 0 bridgehead atoms. The summed E-state index contributed by atoms with van der Waals surface area (Å²) in [7, 11) is 1.48. The summed E-state index contributed by atoms with van der Waals surface area (Å²) in [5.41, 5.74) is 2.17. The Morgan fingerprint density at radius 1 is 1.17 bits per heavy atom. The van der Waals surface area contributed by atoms with E-state index < -0.39 is 18.3 Å². The number of ether oxygens (including phenoxy) is 3. The van der Waals surface area contributed by atoms with Crippen molar-refractivity contribution >= 4 is 5.91 Å². The summed E-state index contributed by atoms with van der Waals surface area (Å²) in [6.45, 7) is 0.467. The van der Waals surface area contributed by atoms with E-state index >= 15 is 0 Å². The number of fused-ring (bicyclic) bond motifs is 4. The molecule has 9 nitrogen and oxygen atoms in total. The zero-order chi connectivity index (χ0) is 25.3. The fraction of sp³-hybridized carbons (Fsp3) is 0.333. The van der Waals surface area contributed by atoms with Crippen LogP contribution in [-0.2, 0) is 5.60 Å². The van der Waals surface area contributed by atoms with Crippen LogP contribution in [0.1, 0.15) is 34.6 Å². The summed E-state index contributed by atoms with van der Waals surface area (Å²) in [5, 5.41) is 28.2. The minimum atomic E-state index is -1.00. The number of nitrogens with zero attached hydrogens (tertiary/aromatic N) is 3. The molecule has 1 aromatic heterocycles. The Labute approximate surface area is 208 Å². The van der Waals surface area contributed by atoms with E-state index in [1.54, 1.807) is 23.1 Å². The Morgan fingerprint density at radius 3 is 2.67 bits per heavy atom. The van der Waals surface area contributed by atoms with Crippen molar-refractivity contribution in [1.29, 1.82) is 5.26 Å². The largest absolute Gasteiger partial charge is 0.493 e. The van der Waals surface area contributed by atoms with Gasteiger partial charge in [-0.3, -0.25) is 9.36 Å². The number of piperidine rings is 1. The summed E-state index contributed by atoms with van der Waals surface area (Å²) >= 11 is 0. The Hall–Kier alpha value is -4.00. The van der Waals surface area contributed by atoms with Crippen LogP contribution in [0, 0.1) is 11.3 Å². The predicted molar refractivity (Wildman–Crippen MR) is 130 cm³/mol. The van der Waals surface area contributed by atoms with Gasteiger partial charge < -0.3 is 29.3 Å². The van der Waals surface area contributed by atoms with Crippen LogP contribution in [0.5, 0.6) is 17.2 Å². The van der Waals surface area contributed by atoms with Gasteiger partial charge in [0.15, 0.2) is 17.1 Å². The molecule has 2 aliphatic heterocycles. The highest BCUT2D eigenvalue weighted by atomic mass is 16.5. The Bertz CT molecular complexity index is 1320. The zero-order valence-corrected chi connectivity index (χ0v) is 19.9.